The molecule has 2 aromatic heterocycles. The van der Waals surface area contributed by atoms with Crippen molar-refractivity contribution in [2.45, 2.75) is 88.5 Å². The molecule has 46 heavy (non-hydrogen) atoms. The standard InChI is InChI=1S/C30H26NS.C11H20O2.Ir/c1-16-10-11-25-22(13-16)28-29(32-25)21-9-7-8-20(27(21)30(28,5)6)23-15-19(4)26-18(3)12-17(2)14-24(26)31-23;1-10(2,3)8(12)7-9(13)11(4,5)6;/h7,9-15H,1-6H3;7,12H,1-6H3;/q-1;;/b;8-7-;. The average molecular weight is 809 g/mol. The molecule has 0 atom stereocenters. The van der Waals surface area contributed by atoms with Crippen molar-refractivity contribution in [1.29, 1.82) is 0 Å². The molecule has 1 N–H and O–H groups in total. The van der Waals surface area contributed by atoms with E-state index in [4.69, 9.17) is 4.98 Å². The number of pyridine rings is 1. The fourth-order valence-corrected chi connectivity index (χ4v) is 7.73. The number of aromatic nitrogens is 1. The number of thiophene rings is 1. The third-order valence-corrected chi connectivity index (χ3v) is 10.0. The van der Waals surface area contributed by atoms with Gasteiger partial charge >= 0.3 is 0 Å². The number of carbonyl (C=O) groups is 1. The van der Waals surface area contributed by atoms with Gasteiger partial charge in [-0.15, -0.1) is 40.7 Å². The number of rotatable bonds is 2. The summed E-state index contributed by atoms with van der Waals surface area (Å²) in [6, 6.07) is 21.5. The number of aliphatic hydroxyl groups is 1. The number of fused-ring (bicyclic) bond motifs is 6. The normalized spacial score (nSPS) is 14.0. The van der Waals surface area contributed by atoms with Crippen LogP contribution in [0.25, 0.3) is 42.7 Å². The van der Waals surface area contributed by atoms with Crippen molar-refractivity contribution in [2.24, 2.45) is 10.8 Å². The van der Waals surface area contributed by atoms with Gasteiger partial charge in [0.25, 0.3) is 0 Å². The van der Waals surface area contributed by atoms with Gasteiger partial charge in [-0.05, 0) is 78.6 Å². The minimum atomic E-state index is -0.417. The van der Waals surface area contributed by atoms with Gasteiger partial charge in [0.05, 0.1) is 5.52 Å². The molecule has 243 valence electrons. The average Bonchev–Trinajstić information content (AvgIpc) is 3.40. The van der Waals surface area contributed by atoms with Crippen molar-refractivity contribution in [3.63, 3.8) is 0 Å². The van der Waals surface area contributed by atoms with E-state index in [-0.39, 0.29) is 42.5 Å². The monoisotopic (exact) mass is 809 g/mol. The third kappa shape index (κ3) is 6.52. The van der Waals surface area contributed by atoms with Gasteiger partial charge in [0.2, 0.25) is 0 Å². The minimum Gasteiger partial charge on any atom is -0.512 e. The minimum absolute atomic E-state index is 0. The number of benzene rings is 3. The predicted molar refractivity (Wildman–Crippen MR) is 193 cm³/mol. The Morgan fingerprint density at radius 3 is 2.15 bits per heavy atom. The van der Waals surface area contributed by atoms with Gasteiger partial charge in [0.1, 0.15) is 5.76 Å². The number of carbonyl (C=O) groups excluding carboxylic acids is 1. The molecule has 0 saturated carbocycles. The van der Waals surface area contributed by atoms with Crippen molar-refractivity contribution < 1.29 is 30.0 Å². The molecule has 0 spiro atoms. The van der Waals surface area contributed by atoms with Crippen molar-refractivity contribution in [3.8, 4) is 21.7 Å². The van der Waals surface area contributed by atoms with Crippen LogP contribution in [-0.2, 0) is 30.3 Å². The maximum atomic E-state index is 11.5. The summed E-state index contributed by atoms with van der Waals surface area (Å²) in [6.45, 7) is 24.6. The van der Waals surface area contributed by atoms with E-state index in [0.29, 0.717) is 0 Å². The first-order chi connectivity index (χ1) is 20.8. The Labute approximate surface area is 292 Å². The van der Waals surface area contributed by atoms with Crippen LogP contribution < -0.4 is 0 Å². The Kier molecular flexibility index (Phi) is 9.70. The molecule has 3 nitrogen and oxygen atoms in total. The number of ketones is 1. The number of nitrogens with zero attached hydrogens (tertiary/aromatic N) is 1. The summed E-state index contributed by atoms with van der Waals surface area (Å²) in [5, 5.41) is 12.2. The summed E-state index contributed by atoms with van der Waals surface area (Å²) in [5.41, 5.74) is 11.7. The Balaban J connectivity index is 0.000000295. The van der Waals surface area contributed by atoms with Gasteiger partial charge in [0.15, 0.2) is 5.78 Å². The van der Waals surface area contributed by atoms with Crippen LogP contribution >= 0.6 is 11.3 Å². The first-order valence-corrected chi connectivity index (χ1v) is 16.6. The predicted octanol–water partition coefficient (Wildman–Crippen LogP) is 11.5. The molecule has 0 saturated heterocycles. The molecule has 0 bridgehead atoms. The molecule has 1 aliphatic carbocycles. The van der Waals surface area contributed by atoms with Gasteiger partial charge in [-0.1, -0.05) is 90.8 Å². The zero-order chi connectivity index (χ0) is 33.2. The third-order valence-electron chi connectivity index (χ3n) is 8.81. The van der Waals surface area contributed by atoms with E-state index in [1.807, 2.05) is 52.9 Å². The fraction of sp³-hybridized carbons (Fsp3) is 0.366. The molecular formula is C41H46IrNO2S-. The zero-order valence-electron chi connectivity index (χ0n) is 29.2. The van der Waals surface area contributed by atoms with Gasteiger partial charge in [-0.3, -0.25) is 9.78 Å². The van der Waals surface area contributed by atoms with Gasteiger partial charge in [0, 0.05) is 52.0 Å². The van der Waals surface area contributed by atoms with Crippen molar-refractivity contribution in [3.05, 3.63) is 99.8 Å². The molecule has 0 amide bonds. The SMILES string of the molecule is CC(C)(C)C(=O)/C=C(\O)C(C)(C)C.Cc1cc(C)c2c(C)cc(-c3[c-]ccc4c3C(C)(C)c3c-4sc4ccc(C)cc34)nc2c1.[Ir]. The summed E-state index contributed by atoms with van der Waals surface area (Å²) in [7, 11) is 0. The van der Waals surface area contributed by atoms with Gasteiger partial charge in [-0.2, -0.15) is 0 Å². The summed E-state index contributed by atoms with van der Waals surface area (Å²) >= 11 is 1.92. The topological polar surface area (TPSA) is 50.2 Å². The number of hydrogen-bond donors (Lipinski definition) is 1. The van der Waals surface area contributed by atoms with E-state index < -0.39 is 5.41 Å². The van der Waals surface area contributed by atoms with E-state index in [1.54, 1.807) is 0 Å². The second kappa shape index (κ2) is 12.5. The molecule has 1 aliphatic rings. The van der Waals surface area contributed by atoms with Crippen LogP contribution in [0, 0.1) is 44.6 Å². The Hall–Kier alpha value is -3.11. The Morgan fingerprint density at radius 2 is 1.52 bits per heavy atom. The van der Waals surface area contributed by atoms with Gasteiger partial charge < -0.3 is 5.11 Å². The first kappa shape index (κ1) is 35.7. The maximum absolute atomic E-state index is 11.5. The van der Waals surface area contributed by atoms with Crippen LogP contribution in [0.1, 0.15) is 88.8 Å². The Bertz CT molecular complexity index is 2020. The summed E-state index contributed by atoms with van der Waals surface area (Å²) in [4.78, 5) is 18.1. The second-order valence-corrected chi connectivity index (χ2v) is 16.3. The molecule has 3 aromatic carbocycles. The number of aliphatic hydroxyl groups excluding tert-OH is 1. The zero-order valence-corrected chi connectivity index (χ0v) is 32.5. The van der Waals surface area contributed by atoms with E-state index >= 15 is 0 Å². The first-order valence-electron chi connectivity index (χ1n) is 15.7. The van der Waals surface area contributed by atoms with Crippen LogP contribution in [0.5, 0.6) is 0 Å². The smallest absolute Gasteiger partial charge is 0.164 e. The summed E-state index contributed by atoms with van der Waals surface area (Å²) in [5.74, 6) is 0.104. The molecule has 0 unspecified atom stereocenters. The molecule has 0 fully saturated rings. The second-order valence-electron chi connectivity index (χ2n) is 15.3. The number of hydrogen-bond acceptors (Lipinski definition) is 4. The molecule has 5 heteroatoms. The van der Waals surface area contributed by atoms with Crippen LogP contribution in [0.3, 0.4) is 0 Å². The maximum Gasteiger partial charge on any atom is 0.164 e. The Morgan fingerprint density at radius 1 is 0.870 bits per heavy atom. The molecule has 6 rings (SSSR count). The number of aryl methyl sites for hydroxylation is 4. The van der Waals surface area contributed by atoms with E-state index in [9.17, 15) is 9.90 Å². The molecule has 1 radical (unpaired) electrons. The van der Waals surface area contributed by atoms with E-state index in [0.717, 1.165) is 16.8 Å². The van der Waals surface area contributed by atoms with Crippen LogP contribution in [0.15, 0.2) is 60.4 Å². The van der Waals surface area contributed by atoms with Crippen LogP contribution in [-0.4, -0.2) is 15.9 Å². The van der Waals surface area contributed by atoms with Crippen LogP contribution in [0.4, 0.5) is 0 Å². The summed E-state index contributed by atoms with van der Waals surface area (Å²) in [6.07, 6.45) is 1.33. The molecular weight excluding hydrogens is 763 g/mol. The van der Waals surface area contributed by atoms with Crippen molar-refractivity contribution in [1.82, 2.24) is 4.98 Å². The number of allylic oxidation sites excluding steroid dienone is 2. The van der Waals surface area contributed by atoms with Crippen molar-refractivity contribution >= 4 is 38.1 Å². The fourth-order valence-electron chi connectivity index (χ4n) is 6.36. The largest absolute Gasteiger partial charge is 0.512 e. The summed E-state index contributed by atoms with van der Waals surface area (Å²) < 4.78 is 1.37. The molecule has 2 heterocycles. The van der Waals surface area contributed by atoms with E-state index in [1.165, 1.54) is 65.4 Å². The van der Waals surface area contributed by atoms with Crippen molar-refractivity contribution in [2.75, 3.05) is 0 Å². The van der Waals surface area contributed by atoms with Crippen LogP contribution in [0.2, 0.25) is 0 Å². The van der Waals surface area contributed by atoms with E-state index in [2.05, 4.69) is 96.1 Å². The molecule has 0 aliphatic heterocycles. The quantitative estimate of drug-likeness (QED) is 0.110. The van der Waals surface area contributed by atoms with Gasteiger partial charge in [-0.25, -0.2) is 0 Å². The molecule has 5 aromatic rings.